The molecule has 3 heteroatoms. The Bertz CT molecular complexity index is 1050. The molecule has 0 saturated heterocycles. The van der Waals surface area contributed by atoms with Crippen LogP contribution in [-0.4, -0.2) is 17.8 Å². The van der Waals surface area contributed by atoms with Crippen molar-refractivity contribution in [2.75, 3.05) is 12.4 Å². The first-order valence-electron chi connectivity index (χ1n) is 10.4. The number of hydrogen-bond acceptors (Lipinski definition) is 2. The van der Waals surface area contributed by atoms with Gasteiger partial charge in [0, 0.05) is 7.05 Å². The first-order valence-corrected chi connectivity index (χ1v) is 12.2. The standard InChI is InChI=1S/C27H27N2P/c1-3-22-19-20-23(29-27(22)28-2)21-30(24-13-7-4-8-14-24,25-15-9-5-10-16-25)26-17-11-6-12-18-26/h4-21H,3H2,1-2H3,(H,28,29). The number of nitrogens with zero attached hydrogens (tertiary/aromatic N) is 1. The number of anilines is 1. The number of aryl methyl sites for hydroxylation is 1. The molecule has 150 valence electrons. The number of benzene rings is 3. The minimum absolute atomic E-state index is 0.957. The normalized spacial score (nSPS) is 11.1. The largest absolute Gasteiger partial charge is 0.373 e. The van der Waals surface area contributed by atoms with Crippen LogP contribution >= 0.6 is 6.89 Å². The molecule has 1 aromatic heterocycles. The van der Waals surface area contributed by atoms with Crippen LogP contribution in [0.4, 0.5) is 5.82 Å². The molecule has 0 saturated carbocycles. The summed E-state index contributed by atoms with van der Waals surface area (Å²) in [5.41, 5.74) is 2.24. The second-order valence-electron chi connectivity index (χ2n) is 7.21. The molecule has 1 N–H and O–H groups in total. The zero-order chi connectivity index (χ0) is 20.8. The molecule has 1 heterocycles. The van der Waals surface area contributed by atoms with Crippen LogP contribution in [0.2, 0.25) is 0 Å². The summed E-state index contributed by atoms with van der Waals surface area (Å²) in [6.45, 7) is 0.119. The molecule has 0 spiro atoms. The zero-order valence-electron chi connectivity index (χ0n) is 17.5. The van der Waals surface area contributed by atoms with Gasteiger partial charge in [0.15, 0.2) is 0 Å². The van der Waals surface area contributed by atoms with Crippen molar-refractivity contribution in [1.82, 2.24) is 4.98 Å². The summed E-state index contributed by atoms with van der Waals surface area (Å²) in [6.07, 6.45) is 0.958. The highest BCUT2D eigenvalue weighted by atomic mass is 31.2. The van der Waals surface area contributed by atoms with E-state index in [1.54, 1.807) is 0 Å². The Balaban J connectivity index is 2.09. The zero-order valence-corrected chi connectivity index (χ0v) is 18.4. The number of rotatable bonds is 6. The van der Waals surface area contributed by atoms with Gasteiger partial charge in [0.2, 0.25) is 0 Å². The van der Waals surface area contributed by atoms with Gasteiger partial charge in [-0.05, 0) is 46.6 Å². The number of hydrogen-bond donors (Lipinski definition) is 1. The van der Waals surface area contributed by atoms with E-state index in [-0.39, 0.29) is 0 Å². The second kappa shape index (κ2) is 9.15. The summed E-state index contributed by atoms with van der Waals surface area (Å²) in [5.74, 6) is 3.37. The molecule has 3 aromatic carbocycles. The van der Waals surface area contributed by atoms with Crippen LogP contribution in [0.5, 0.6) is 0 Å². The van der Waals surface area contributed by atoms with Gasteiger partial charge in [-0.15, -0.1) is 0 Å². The molecule has 0 unspecified atom stereocenters. The SMILES string of the molecule is CCc1ccc(C=P(c2ccccc2)(c2ccccc2)c2ccccc2)nc1NC. The molecule has 0 aliphatic heterocycles. The summed E-state index contributed by atoms with van der Waals surface area (Å²) in [7, 11) is 1.94. The molecule has 2 nitrogen and oxygen atoms in total. The van der Waals surface area contributed by atoms with Crippen molar-refractivity contribution < 1.29 is 0 Å². The predicted octanol–water partition coefficient (Wildman–Crippen LogP) is 4.83. The first-order chi connectivity index (χ1) is 14.8. The molecule has 0 radical (unpaired) electrons. The van der Waals surface area contributed by atoms with Crippen molar-refractivity contribution in [2.45, 2.75) is 13.3 Å². The molecule has 4 rings (SSSR count). The van der Waals surface area contributed by atoms with E-state index in [0.29, 0.717) is 0 Å². The Morgan fingerprint density at radius 3 is 1.57 bits per heavy atom. The van der Waals surface area contributed by atoms with Crippen molar-refractivity contribution in [3.05, 3.63) is 114 Å². The molecule has 0 aliphatic carbocycles. The predicted molar refractivity (Wildman–Crippen MR) is 133 cm³/mol. The topological polar surface area (TPSA) is 24.9 Å². The Morgan fingerprint density at radius 1 is 0.700 bits per heavy atom. The lowest BCUT2D eigenvalue weighted by Gasteiger charge is -2.28. The number of aromatic nitrogens is 1. The fourth-order valence-electron chi connectivity index (χ4n) is 3.94. The lowest BCUT2D eigenvalue weighted by atomic mass is 10.2. The molecular formula is C27H27N2P. The van der Waals surface area contributed by atoms with Crippen molar-refractivity contribution in [2.24, 2.45) is 0 Å². The van der Waals surface area contributed by atoms with Gasteiger partial charge in [-0.25, -0.2) is 4.98 Å². The highest BCUT2D eigenvalue weighted by Gasteiger charge is 2.25. The third kappa shape index (κ3) is 3.84. The minimum Gasteiger partial charge on any atom is -0.373 e. The van der Waals surface area contributed by atoms with E-state index in [2.05, 4.69) is 121 Å². The van der Waals surface area contributed by atoms with E-state index in [1.165, 1.54) is 21.5 Å². The first kappa shape index (κ1) is 20.2. The van der Waals surface area contributed by atoms with E-state index in [1.807, 2.05) is 7.05 Å². The van der Waals surface area contributed by atoms with Crippen LogP contribution in [-0.2, 0) is 6.42 Å². The fraction of sp³-hybridized carbons (Fsp3) is 0.111. The molecule has 0 atom stereocenters. The third-order valence-electron chi connectivity index (χ3n) is 5.43. The summed E-state index contributed by atoms with van der Waals surface area (Å²) in [6, 6.07) is 36.9. The van der Waals surface area contributed by atoms with Crippen LogP contribution in [0.15, 0.2) is 103 Å². The number of pyridine rings is 1. The minimum atomic E-state index is -2.04. The van der Waals surface area contributed by atoms with Crippen molar-refractivity contribution in [3.63, 3.8) is 0 Å². The molecule has 0 fully saturated rings. The van der Waals surface area contributed by atoms with E-state index in [4.69, 9.17) is 4.98 Å². The van der Waals surface area contributed by atoms with Crippen molar-refractivity contribution in [1.29, 1.82) is 0 Å². The molecule has 30 heavy (non-hydrogen) atoms. The Morgan fingerprint density at radius 2 is 1.17 bits per heavy atom. The van der Waals surface area contributed by atoms with E-state index < -0.39 is 6.89 Å². The monoisotopic (exact) mass is 410 g/mol. The van der Waals surface area contributed by atoms with Crippen LogP contribution in [0.25, 0.3) is 0 Å². The molecule has 0 aliphatic rings. The molecular weight excluding hydrogens is 383 g/mol. The van der Waals surface area contributed by atoms with E-state index in [0.717, 1.165) is 17.9 Å². The number of nitrogens with one attached hydrogen (secondary N) is 1. The fourth-order valence-corrected chi connectivity index (χ4v) is 7.74. The second-order valence-corrected chi connectivity index (χ2v) is 10.5. The Hall–Kier alpha value is -3.09. The van der Waals surface area contributed by atoms with Gasteiger partial charge in [-0.2, -0.15) is 0 Å². The summed E-state index contributed by atoms with van der Waals surface area (Å²) in [5, 5.41) is 7.26. The molecule has 0 bridgehead atoms. The highest BCUT2D eigenvalue weighted by Crippen LogP contribution is 2.44. The average molecular weight is 411 g/mol. The van der Waals surface area contributed by atoms with E-state index >= 15 is 0 Å². The third-order valence-corrected chi connectivity index (χ3v) is 9.42. The van der Waals surface area contributed by atoms with Gasteiger partial charge in [0.05, 0.1) is 5.69 Å². The van der Waals surface area contributed by atoms with Gasteiger partial charge in [0.25, 0.3) is 0 Å². The Labute approximate surface area is 179 Å². The maximum atomic E-state index is 4.98. The summed E-state index contributed by atoms with van der Waals surface area (Å²) in [4.78, 5) is 4.98. The van der Waals surface area contributed by atoms with Crippen molar-refractivity contribution in [3.8, 4) is 0 Å². The summed E-state index contributed by atoms with van der Waals surface area (Å²) >= 11 is 0. The Kier molecular flexibility index (Phi) is 6.16. The average Bonchev–Trinajstić information content (AvgIpc) is 2.84. The maximum absolute atomic E-state index is 4.98. The van der Waals surface area contributed by atoms with Crippen LogP contribution in [0, 0.1) is 0 Å². The van der Waals surface area contributed by atoms with Gasteiger partial charge < -0.3 is 5.32 Å². The van der Waals surface area contributed by atoms with Crippen LogP contribution < -0.4 is 21.2 Å². The lowest BCUT2D eigenvalue weighted by molar-refractivity contribution is 1.10. The van der Waals surface area contributed by atoms with Gasteiger partial charge >= 0.3 is 0 Å². The van der Waals surface area contributed by atoms with Crippen LogP contribution in [0.3, 0.4) is 0 Å². The van der Waals surface area contributed by atoms with Crippen LogP contribution in [0.1, 0.15) is 18.2 Å². The smallest absolute Gasteiger partial charge is 0.129 e. The highest BCUT2D eigenvalue weighted by molar-refractivity contribution is 7.94. The van der Waals surface area contributed by atoms with Gasteiger partial charge in [0.1, 0.15) is 5.82 Å². The summed E-state index contributed by atoms with van der Waals surface area (Å²) < 4.78 is 0. The quantitative estimate of drug-likeness (QED) is 0.461. The van der Waals surface area contributed by atoms with Gasteiger partial charge in [-0.1, -0.05) is 104 Å². The van der Waals surface area contributed by atoms with Gasteiger partial charge in [-0.3, -0.25) is 0 Å². The molecule has 4 aromatic rings. The van der Waals surface area contributed by atoms with Crippen molar-refractivity contribution >= 4 is 34.4 Å². The lowest BCUT2D eigenvalue weighted by Crippen LogP contribution is -2.27. The van der Waals surface area contributed by atoms with E-state index in [9.17, 15) is 0 Å². The molecule has 0 amide bonds. The maximum Gasteiger partial charge on any atom is 0.129 e.